The molecule has 0 radical (unpaired) electrons. The van der Waals surface area contributed by atoms with Gasteiger partial charge in [0.2, 0.25) is 0 Å². The summed E-state index contributed by atoms with van der Waals surface area (Å²) in [6, 6.07) is 0. The van der Waals surface area contributed by atoms with Crippen LogP contribution >= 0.6 is 12.4 Å². The zero-order valence-electron chi connectivity index (χ0n) is 6.95. The minimum absolute atomic E-state index is 0. The van der Waals surface area contributed by atoms with Gasteiger partial charge in [-0.05, 0) is 0 Å². The van der Waals surface area contributed by atoms with Gasteiger partial charge in [-0.2, -0.15) is 0 Å². The number of aliphatic hydroxyl groups is 5. The van der Waals surface area contributed by atoms with Crippen LogP contribution in [0, 0.1) is 0 Å². The summed E-state index contributed by atoms with van der Waals surface area (Å²) in [5, 5.41) is 44.2. The fourth-order valence-corrected chi connectivity index (χ4v) is 0.703. The van der Waals surface area contributed by atoms with E-state index in [0.29, 0.717) is 0 Å². The second kappa shape index (κ2) is 7.45. The first-order valence-corrected chi connectivity index (χ1v) is 3.57. The van der Waals surface area contributed by atoms with Crippen LogP contribution in [0.2, 0.25) is 0 Å². The number of aliphatic hydroxyl groups excluding tert-OH is 5. The molecule has 0 aliphatic carbocycles. The number of hydrogen-bond acceptors (Lipinski definition) is 6. The Morgan fingerprint density at radius 1 is 0.923 bits per heavy atom. The molecule has 0 saturated carbocycles. The van der Waals surface area contributed by atoms with E-state index >= 15 is 0 Å². The quantitative estimate of drug-likeness (QED) is 0.288. The summed E-state index contributed by atoms with van der Waals surface area (Å²) in [7, 11) is 0. The highest BCUT2D eigenvalue weighted by atomic mass is 35.5. The maximum absolute atomic E-state index is 9.04. The largest absolute Gasteiger partial charge is 0.394 e. The molecule has 6 nitrogen and oxygen atoms in total. The number of rotatable bonds is 5. The van der Waals surface area contributed by atoms with Crippen molar-refractivity contribution >= 4 is 12.4 Å². The second-order valence-electron chi connectivity index (χ2n) is 2.53. The molecule has 0 aliphatic heterocycles. The molecule has 7 N–H and O–H groups in total. The van der Waals surface area contributed by atoms with Crippen molar-refractivity contribution in [2.75, 3.05) is 13.2 Å². The molecule has 0 heterocycles. The van der Waals surface area contributed by atoms with Crippen molar-refractivity contribution < 1.29 is 25.5 Å². The first-order chi connectivity index (χ1) is 5.54. The van der Waals surface area contributed by atoms with Gasteiger partial charge in [0.25, 0.3) is 0 Å². The van der Waals surface area contributed by atoms with Crippen LogP contribution in [0.4, 0.5) is 0 Å². The van der Waals surface area contributed by atoms with E-state index in [1.165, 1.54) is 0 Å². The molecular formula is C6H16ClNO5. The summed E-state index contributed by atoms with van der Waals surface area (Å²) in [6.45, 7) is -0.911. The molecule has 0 amide bonds. The topological polar surface area (TPSA) is 127 Å². The van der Waals surface area contributed by atoms with Gasteiger partial charge in [0.1, 0.15) is 18.3 Å². The van der Waals surface area contributed by atoms with Crippen LogP contribution in [-0.4, -0.2) is 63.1 Å². The molecule has 0 bridgehead atoms. The Morgan fingerprint density at radius 3 is 1.62 bits per heavy atom. The van der Waals surface area contributed by atoms with Crippen molar-refractivity contribution in [3.63, 3.8) is 0 Å². The highest BCUT2D eigenvalue weighted by Crippen LogP contribution is 2.03. The Bertz CT molecular complexity index is 114. The molecule has 4 atom stereocenters. The van der Waals surface area contributed by atoms with Crippen molar-refractivity contribution in [2.24, 2.45) is 5.73 Å². The lowest BCUT2D eigenvalue weighted by Crippen LogP contribution is -2.48. The van der Waals surface area contributed by atoms with Crippen molar-refractivity contribution in [1.29, 1.82) is 0 Å². The van der Waals surface area contributed by atoms with Crippen LogP contribution in [0.1, 0.15) is 0 Å². The van der Waals surface area contributed by atoms with Gasteiger partial charge >= 0.3 is 0 Å². The fourth-order valence-electron chi connectivity index (χ4n) is 0.703. The predicted octanol–water partition coefficient (Wildman–Crippen LogP) is -3.20. The zero-order chi connectivity index (χ0) is 9.72. The lowest BCUT2D eigenvalue weighted by Gasteiger charge is -2.24. The average molecular weight is 218 g/mol. The third kappa shape index (κ3) is 4.72. The van der Waals surface area contributed by atoms with E-state index < -0.39 is 31.0 Å². The Labute approximate surface area is 82.0 Å². The van der Waals surface area contributed by atoms with E-state index in [1.54, 1.807) is 0 Å². The summed E-state index contributed by atoms with van der Waals surface area (Å²) in [5.74, 6) is 0. The summed E-state index contributed by atoms with van der Waals surface area (Å²) >= 11 is 0. The van der Waals surface area contributed by atoms with E-state index in [1.807, 2.05) is 0 Å². The molecule has 0 rings (SSSR count). The first kappa shape index (κ1) is 15.5. The molecule has 0 spiro atoms. The monoisotopic (exact) mass is 217 g/mol. The molecule has 0 aromatic heterocycles. The summed E-state index contributed by atoms with van der Waals surface area (Å²) in [5.41, 5.74) is 4.99. The smallest absolute Gasteiger partial charge is 0.111 e. The Hall–Kier alpha value is 0.0500. The molecule has 0 aromatic rings. The molecule has 13 heavy (non-hydrogen) atoms. The minimum atomic E-state index is -1.59. The fraction of sp³-hybridized carbons (Fsp3) is 1.00. The van der Waals surface area contributed by atoms with E-state index in [-0.39, 0.29) is 19.0 Å². The third-order valence-corrected chi connectivity index (χ3v) is 1.57. The van der Waals surface area contributed by atoms with Gasteiger partial charge in [-0.15, -0.1) is 12.4 Å². The van der Waals surface area contributed by atoms with Gasteiger partial charge in [-0.3, -0.25) is 0 Å². The van der Waals surface area contributed by atoms with Crippen molar-refractivity contribution in [1.82, 2.24) is 0 Å². The van der Waals surface area contributed by atoms with Gasteiger partial charge in [0.05, 0.1) is 12.7 Å². The minimum Gasteiger partial charge on any atom is -0.394 e. The molecule has 0 aliphatic rings. The molecule has 7 heteroatoms. The van der Waals surface area contributed by atoms with Gasteiger partial charge in [-0.25, -0.2) is 0 Å². The van der Waals surface area contributed by atoms with E-state index in [9.17, 15) is 0 Å². The van der Waals surface area contributed by atoms with Crippen molar-refractivity contribution in [3.8, 4) is 0 Å². The van der Waals surface area contributed by atoms with Crippen LogP contribution in [-0.2, 0) is 0 Å². The molecule has 0 aromatic carbocycles. The summed E-state index contributed by atoms with van der Waals surface area (Å²) < 4.78 is 0. The van der Waals surface area contributed by atoms with Gasteiger partial charge in [0, 0.05) is 6.54 Å². The van der Waals surface area contributed by atoms with Crippen LogP contribution < -0.4 is 5.73 Å². The van der Waals surface area contributed by atoms with Crippen LogP contribution in [0.15, 0.2) is 0 Å². The van der Waals surface area contributed by atoms with Crippen LogP contribution in [0.3, 0.4) is 0 Å². The van der Waals surface area contributed by atoms with Crippen LogP contribution in [0.25, 0.3) is 0 Å². The Morgan fingerprint density at radius 2 is 1.31 bits per heavy atom. The van der Waals surface area contributed by atoms with Gasteiger partial charge in [0.15, 0.2) is 0 Å². The Kier molecular flexibility index (Phi) is 8.90. The number of hydrogen-bond donors (Lipinski definition) is 6. The Balaban J connectivity index is 0. The molecule has 0 saturated heterocycles. The molecule has 0 unspecified atom stereocenters. The lowest BCUT2D eigenvalue weighted by molar-refractivity contribution is -0.112. The van der Waals surface area contributed by atoms with Crippen molar-refractivity contribution in [3.05, 3.63) is 0 Å². The summed E-state index contributed by atoms with van der Waals surface area (Å²) in [6.07, 6.45) is -5.91. The first-order valence-electron chi connectivity index (χ1n) is 3.57. The highest BCUT2D eigenvalue weighted by molar-refractivity contribution is 5.85. The lowest BCUT2D eigenvalue weighted by atomic mass is 10.0. The SMILES string of the molecule is Cl.NC[C@H](O)[C@@H](O)[C@@H](O)[C@H](O)CO. The van der Waals surface area contributed by atoms with Crippen molar-refractivity contribution in [2.45, 2.75) is 24.4 Å². The van der Waals surface area contributed by atoms with Gasteiger partial charge < -0.3 is 31.3 Å². The standard InChI is InChI=1S/C6H15NO5.ClH/c7-1-3(9)5(11)6(12)4(10)2-8;/h3-6,8-12H,1-2,7H2;1H/t3-,4+,5+,6-;/m0./s1. The third-order valence-electron chi connectivity index (χ3n) is 1.57. The number of nitrogens with two attached hydrogens (primary N) is 1. The van der Waals surface area contributed by atoms with Crippen LogP contribution in [0.5, 0.6) is 0 Å². The normalized spacial score (nSPS) is 19.8. The van der Waals surface area contributed by atoms with E-state index in [4.69, 9.17) is 31.3 Å². The zero-order valence-corrected chi connectivity index (χ0v) is 7.76. The highest BCUT2D eigenvalue weighted by Gasteiger charge is 2.28. The average Bonchev–Trinajstić information content (AvgIpc) is 2.12. The maximum atomic E-state index is 9.04. The molecular weight excluding hydrogens is 202 g/mol. The van der Waals surface area contributed by atoms with Gasteiger partial charge in [-0.1, -0.05) is 0 Å². The van der Waals surface area contributed by atoms with E-state index in [0.717, 1.165) is 0 Å². The second-order valence-corrected chi connectivity index (χ2v) is 2.53. The molecule has 0 fully saturated rings. The summed E-state index contributed by atoms with van der Waals surface area (Å²) in [4.78, 5) is 0. The number of halogens is 1. The predicted molar refractivity (Wildman–Crippen MR) is 47.4 cm³/mol. The maximum Gasteiger partial charge on any atom is 0.111 e. The molecule has 82 valence electrons. The van der Waals surface area contributed by atoms with E-state index in [2.05, 4.69) is 0 Å².